The summed E-state index contributed by atoms with van der Waals surface area (Å²) in [6.07, 6.45) is 9.15. The predicted octanol–water partition coefficient (Wildman–Crippen LogP) is 2.82. The SMILES string of the molecule is CCCNN1C=C2C=CNC=C2C(C(=O)N[C@H](c2ccccc2)C2CC2=O)=C1C. The van der Waals surface area contributed by atoms with Crippen LogP contribution in [0.25, 0.3) is 0 Å². The van der Waals surface area contributed by atoms with Crippen LogP contribution in [0.4, 0.5) is 0 Å². The zero-order valence-electron chi connectivity index (χ0n) is 16.7. The average Bonchev–Trinajstić information content (AvgIpc) is 3.47. The Balaban J connectivity index is 1.64. The van der Waals surface area contributed by atoms with Crippen molar-refractivity contribution >= 4 is 11.7 Å². The molecule has 4 rings (SSSR count). The normalized spacial score (nSPS) is 21.1. The Morgan fingerprint density at radius 2 is 2.07 bits per heavy atom. The van der Waals surface area contributed by atoms with Gasteiger partial charge < -0.3 is 10.6 Å². The van der Waals surface area contributed by atoms with E-state index in [1.54, 1.807) is 0 Å². The predicted molar refractivity (Wildman–Crippen MR) is 112 cm³/mol. The van der Waals surface area contributed by atoms with Gasteiger partial charge in [-0.25, -0.2) is 5.43 Å². The van der Waals surface area contributed by atoms with Crippen LogP contribution in [0.15, 0.2) is 77.4 Å². The smallest absolute Gasteiger partial charge is 0.254 e. The first-order chi connectivity index (χ1) is 14.1. The highest BCUT2D eigenvalue weighted by atomic mass is 16.2. The van der Waals surface area contributed by atoms with Gasteiger partial charge >= 0.3 is 0 Å². The first-order valence-electron chi connectivity index (χ1n) is 10.1. The number of amides is 1. The van der Waals surface area contributed by atoms with Crippen molar-refractivity contribution in [2.75, 3.05) is 6.54 Å². The van der Waals surface area contributed by atoms with Crippen molar-refractivity contribution in [1.82, 2.24) is 21.1 Å². The number of hydrogen-bond acceptors (Lipinski definition) is 5. The largest absolute Gasteiger partial charge is 0.367 e. The quantitative estimate of drug-likeness (QED) is 0.668. The molecule has 1 saturated carbocycles. The third-order valence-electron chi connectivity index (χ3n) is 5.44. The number of carbonyl (C=O) groups excluding carboxylic acids is 2. The summed E-state index contributed by atoms with van der Waals surface area (Å²) in [5.74, 6) is -0.122. The number of Topliss-reactive ketones (excluding diaryl/α,β-unsaturated/α-hetero) is 1. The van der Waals surface area contributed by atoms with Crippen LogP contribution in [-0.2, 0) is 9.59 Å². The number of carbonyl (C=O) groups is 2. The Bertz CT molecular complexity index is 943. The van der Waals surface area contributed by atoms with E-state index < -0.39 is 0 Å². The summed E-state index contributed by atoms with van der Waals surface area (Å²) in [6.45, 7) is 4.84. The Labute approximate surface area is 171 Å². The van der Waals surface area contributed by atoms with Gasteiger partial charge in [-0.2, -0.15) is 0 Å². The number of hydrogen-bond donors (Lipinski definition) is 3. The van der Waals surface area contributed by atoms with Crippen molar-refractivity contribution in [2.45, 2.75) is 32.7 Å². The molecule has 1 unspecified atom stereocenters. The Hall–Kier alpha value is -3.12. The molecule has 2 aliphatic heterocycles. The van der Waals surface area contributed by atoms with E-state index in [2.05, 4.69) is 23.0 Å². The second-order valence-corrected chi connectivity index (χ2v) is 7.52. The molecule has 6 nitrogen and oxygen atoms in total. The molecule has 29 heavy (non-hydrogen) atoms. The van der Waals surface area contributed by atoms with Crippen molar-refractivity contribution < 1.29 is 9.59 Å². The lowest BCUT2D eigenvalue weighted by Gasteiger charge is -2.32. The van der Waals surface area contributed by atoms with Gasteiger partial charge in [-0.3, -0.25) is 14.6 Å². The Morgan fingerprint density at radius 3 is 2.76 bits per heavy atom. The van der Waals surface area contributed by atoms with Crippen LogP contribution >= 0.6 is 0 Å². The molecular weight excluding hydrogens is 364 g/mol. The number of benzene rings is 1. The lowest BCUT2D eigenvalue weighted by Crippen LogP contribution is -2.40. The van der Waals surface area contributed by atoms with Crippen molar-refractivity contribution in [3.8, 4) is 0 Å². The molecule has 6 heteroatoms. The van der Waals surface area contributed by atoms with E-state index >= 15 is 0 Å². The number of nitrogens with one attached hydrogen (secondary N) is 3. The number of fused-ring (bicyclic) bond motifs is 1. The monoisotopic (exact) mass is 390 g/mol. The van der Waals surface area contributed by atoms with Gasteiger partial charge in [0.2, 0.25) is 0 Å². The molecule has 0 radical (unpaired) electrons. The molecule has 1 aromatic carbocycles. The maximum Gasteiger partial charge on any atom is 0.254 e. The van der Waals surface area contributed by atoms with E-state index in [4.69, 9.17) is 0 Å². The lowest BCUT2D eigenvalue weighted by molar-refractivity contribution is -0.118. The second-order valence-electron chi connectivity index (χ2n) is 7.52. The molecule has 2 atom stereocenters. The fourth-order valence-corrected chi connectivity index (χ4v) is 3.76. The molecule has 0 aromatic heterocycles. The Kier molecular flexibility index (Phi) is 5.36. The molecule has 0 spiro atoms. The van der Waals surface area contributed by atoms with Crippen LogP contribution in [0.2, 0.25) is 0 Å². The van der Waals surface area contributed by atoms with Crippen molar-refractivity contribution in [3.05, 3.63) is 83.0 Å². The van der Waals surface area contributed by atoms with Gasteiger partial charge in [0.25, 0.3) is 5.91 Å². The van der Waals surface area contributed by atoms with Crippen molar-refractivity contribution in [2.24, 2.45) is 5.92 Å². The van der Waals surface area contributed by atoms with Gasteiger partial charge in [-0.05, 0) is 25.0 Å². The number of hydrazine groups is 1. The van der Waals surface area contributed by atoms with Crippen molar-refractivity contribution in [1.29, 1.82) is 0 Å². The minimum atomic E-state index is -0.310. The molecule has 3 N–H and O–H groups in total. The summed E-state index contributed by atoms with van der Waals surface area (Å²) in [4.78, 5) is 25.4. The first kappa shape index (κ1) is 19.2. The van der Waals surface area contributed by atoms with Crippen LogP contribution in [0.3, 0.4) is 0 Å². The number of dihydropyridines is 1. The van der Waals surface area contributed by atoms with Crippen LogP contribution in [-0.4, -0.2) is 23.2 Å². The maximum atomic E-state index is 13.5. The highest BCUT2D eigenvalue weighted by Gasteiger charge is 2.43. The molecule has 150 valence electrons. The summed E-state index contributed by atoms with van der Waals surface area (Å²) < 4.78 is 0. The fourth-order valence-electron chi connectivity index (χ4n) is 3.76. The van der Waals surface area contributed by atoms with Gasteiger partial charge in [0.15, 0.2) is 0 Å². The zero-order chi connectivity index (χ0) is 20.4. The van der Waals surface area contributed by atoms with E-state index in [0.29, 0.717) is 12.0 Å². The minimum Gasteiger partial charge on any atom is -0.367 e. The zero-order valence-corrected chi connectivity index (χ0v) is 16.7. The van der Waals surface area contributed by atoms with E-state index in [1.165, 1.54) is 0 Å². The molecule has 1 aromatic rings. The average molecular weight is 390 g/mol. The first-order valence-corrected chi connectivity index (χ1v) is 10.1. The van der Waals surface area contributed by atoms with Gasteiger partial charge in [0, 0.05) is 54.3 Å². The lowest BCUT2D eigenvalue weighted by atomic mass is 9.92. The minimum absolute atomic E-state index is 0.145. The molecule has 1 fully saturated rings. The molecule has 2 heterocycles. The van der Waals surface area contributed by atoms with Gasteiger partial charge in [0.05, 0.1) is 11.6 Å². The number of rotatable bonds is 7. The maximum absolute atomic E-state index is 13.5. The molecule has 3 aliphatic rings. The summed E-state index contributed by atoms with van der Waals surface area (Å²) >= 11 is 0. The van der Waals surface area contributed by atoms with E-state index in [0.717, 1.165) is 35.4 Å². The Morgan fingerprint density at radius 1 is 1.31 bits per heavy atom. The van der Waals surface area contributed by atoms with Gasteiger partial charge in [-0.15, -0.1) is 0 Å². The van der Waals surface area contributed by atoms with Crippen LogP contribution in [0.5, 0.6) is 0 Å². The molecule has 0 bridgehead atoms. The van der Waals surface area contributed by atoms with Gasteiger partial charge in [0.1, 0.15) is 5.78 Å². The molecule has 1 amide bonds. The fraction of sp³-hybridized carbons (Fsp3) is 0.304. The topological polar surface area (TPSA) is 73.5 Å². The van der Waals surface area contributed by atoms with Crippen molar-refractivity contribution in [3.63, 3.8) is 0 Å². The third kappa shape index (κ3) is 3.89. The number of allylic oxidation sites excluding steroid dienone is 3. The summed E-state index contributed by atoms with van der Waals surface area (Å²) in [5.41, 5.74) is 7.56. The van der Waals surface area contributed by atoms with Crippen LogP contribution in [0.1, 0.15) is 38.3 Å². The van der Waals surface area contributed by atoms with E-state index in [-0.39, 0.29) is 23.7 Å². The highest BCUT2D eigenvalue weighted by Crippen LogP contribution is 2.38. The molecule has 0 saturated heterocycles. The van der Waals surface area contributed by atoms with E-state index in [1.807, 2.05) is 66.9 Å². The highest BCUT2D eigenvalue weighted by molar-refractivity contribution is 6.02. The van der Waals surface area contributed by atoms with Crippen LogP contribution < -0.4 is 16.1 Å². The number of ketones is 1. The number of nitrogens with zero attached hydrogens (tertiary/aromatic N) is 1. The molecule has 1 aliphatic carbocycles. The third-order valence-corrected chi connectivity index (χ3v) is 5.44. The summed E-state index contributed by atoms with van der Waals surface area (Å²) in [7, 11) is 0. The molecular formula is C23H26N4O2. The standard InChI is InChI=1S/C23H26N4O2/c1-3-10-25-27-14-17-9-11-24-13-19(17)21(15(27)2)23(29)26-22(18-12-20(18)28)16-7-5-4-6-8-16/h4-9,11,13-14,18,22,24-25H,3,10,12H2,1-2H3,(H,26,29)/t18?,22-/m1/s1. The summed E-state index contributed by atoms with van der Waals surface area (Å²) in [6, 6.07) is 9.41. The van der Waals surface area contributed by atoms with Crippen LogP contribution in [0, 0.1) is 5.92 Å². The van der Waals surface area contributed by atoms with E-state index in [9.17, 15) is 9.59 Å². The van der Waals surface area contributed by atoms with Gasteiger partial charge in [-0.1, -0.05) is 37.3 Å². The second kappa shape index (κ2) is 8.09. The summed E-state index contributed by atoms with van der Waals surface area (Å²) in [5, 5.41) is 8.14.